The first kappa shape index (κ1) is 22.7. The smallest absolute Gasteiger partial charge is 0.191 e. The van der Waals surface area contributed by atoms with Crippen LogP contribution in [0.5, 0.6) is 0 Å². The van der Waals surface area contributed by atoms with Crippen LogP contribution >= 0.6 is 24.0 Å². The third-order valence-corrected chi connectivity index (χ3v) is 4.90. The summed E-state index contributed by atoms with van der Waals surface area (Å²) in [5.74, 6) is 0.944. The first-order valence-electron chi connectivity index (χ1n) is 10.1. The van der Waals surface area contributed by atoms with Gasteiger partial charge in [-0.05, 0) is 37.8 Å². The highest BCUT2D eigenvalue weighted by Gasteiger charge is 2.19. The molecule has 1 saturated heterocycles. The van der Waals surface area contributed by atoms with Crippen LogP contribution < -0.4 is 10.6 Å². The summed E-state index contributed by atoms with van der Waals surface area (Å²) in [5, 5.41) is 11.2. The quantitative estimate of drug-likeness (QED) is 0.255. The van der Waals surface area contributed by atoms with Gasteiger partial charge in [0.2, 0.25) is 0 Å². The van der Waals surface area contributed by atoms with Crippen LogP contribution in [0.1, 0.15) is 31.7 Å². The zero-order valence-electron chi connectivity index (χ0n) is 16.8. The molecular weight excluding hydrogens is 463 g/mol. The zero-order chi connectivity index (χ0) is 18.7. The molecule has 28 heavy (non-hydrogen) atoms. The van der Waals surface area contributed by atoms with Crippen molar-refractivity contribution < 1.29 is 0 Å². The first-order chi connectivity index (χ1) is 13.3. The average Bonchev–Trinajstić information content (AvgIpc) is 3.21. The Morgan fingerprint density at radius 1 is 1.18 bits per heavy atom. The Bertz CT molecular complexity index is 665. The minimum absolute atomic E-state index is 0. The van der Waals surface area contributed by atoms with E-state index in [1.807, 2.05) is 23.1 Å². The number of likely N-dealkylation sites (tertiary alicyclic amines) is 1. The molecule has 2 N–H and O–H groups in total. The van der Waals surface area contributed by atoms with Crippen molar-refractivity contribution in [2.45, 2.75) is 45.3 Å². The van der Waals surface area contributed by atoms with E-state index in [9.17, 15) is 0 Å². The van der Waals surface area contributed by atoms with Crippen molar-refractivity contribution in [1.29, 1.82) is 0 Å². The van der Waals surface area contributed by atoms with Crippen LogP contribution in [-0.2, 0) is 13.1 Å². The van der Waals surface area contributed by atoms with E-state index in [0.29, 0.717) is 6.04 Å². The van der Waals surface area contributed by atoms with Crippen LogP contribution in [0.2, 0.25) is 0 Å². The molecule has 2 heterocycles. The van der Waals surface area contributed by atoms with E-state index in [4.69, 9.17) is 4.99 Å². The molecule has 3 rings (SSSR count). The van der Waals surface area contributed by atoms with Crippen molar-refractivity contribution in [1.82, 2.24) is 25.3 Å². The predicted octanol–water partition coefficient (Wildman–Crippen LogP) is 3.11. The van der Waals surface area contributed by atoms with E-state index in [1.54, 1.807) is 0 Å². The van der Waals surface area contributed by atoms with E-state index in [1.165, 1.54) is 5.56 Å². The monoisotopic (exact) mass is 496 g/mol. The lowest BCUT2D eigenvalue weighted by Crippen LogP contribution is -2.48. The summed E-state index contributed by atoms with van der Waals surface area (Å²) in [6, 6.07) is 13.2. The summed E-state index contributed by atoms with van der Waals surface area (Å²) < 4.78 is 1.96. The topological polar surface area (TPSA) is 57.5 Å². The Kier molecular flexibility index (Phi) is 10.3. The summed E-state index contributed by atoms with van der Waals surface area (Å²) in [6.07, 6.45) is 7.12. The Balaban J connectivity index is 0.00000280. The van der Waals surface area contributed by atoms with Gasteiger partial charge in [0.1, 0.15) is 0 Å². The third-order valence-electron chi connectivity index (χ3n) is 4.90. The van der Waals surface area contributed by atoms with Crippen molar-refractivity contribution in [2.75, 3.05) is 26.2 Å². The Hall–Kier alpha value is -1.61. The molecule has 0 aliphatic carbocycles. The Morgan fingerprint density at radius 3 is 2.64 bits per heavy atom. The minimum atomic E-state index is 0. The lowest BCUT2D eigenvalue weighted by Gasteiger charge is -2.33. The van der Waals surface area contributed by atoms with Crippen LogP contribution in [-0.4, -0.2) is 52.9 Å². The molecule has 0 saturated carbocycles. The highest BCUT2D eigenvalue weighted by molar-refractivity contribution is 14.0. The van der Waals surface area contributed by atoms with Crippen molar-refractivity contribution in [3.63, 3.8) is 0 Å². The lowest BCUT2D eigenvalue weighted by atomic mass is 10.0. The highest BCUT2D eigenvalue weighted by Crippen LogP contribution is 2.13. The number of aryl methyl sites for hydroxylation is 1. The van der Waals surface area contributed by atoms with Crippen LogP contribution in [0.25, 0.3) is 0 Å². The van der Waals surface area contributed by atoms with Crippen molar-refractivity contribution in [2.24, 2.45) is 4.99 Å². The standard InChI is InChI=1S/C21H32N6.HI/c1-2-22-21(23-12-6-14-27-15-7-13-24-27)25-20-10-16-26(17-11-20)18-19-8-4-3-5-9-19;/h3-5,7-9,13,15,20H,2,6,10-12,14,16-18H2,1H3,(H2,22,23,25);1H. The van der Waals surface area contributed by atoms with Crippen molar-refractivity contribution in [3.8, 4) is 0 Å². The van der Waals surface area contributed by atoms with Gasteiger partial charge in [0, 0.05) is 57.7 Å². The second kappa shape index (κ2) is 12.8. The van der Waals surface area contributed by atoms with Gasteiger partial charge < -0.3 is 10.6 Å². The van der Waals surface area contributed by atoms with Crippen LogP contribution in [0, 0.1) is 0 Å². The minimum Gasteiger partial charge on any atom is -0.357 e. The molecule has 1 aromatic carbocycles. The number of guanidine groups is 1. The number of hydrogen-bond donors (Lipinski definition) is 2. The van der Waals surface area contributed by atoms with E-state index < -0.39 is 0 Å². The normalized spacial score (nSPS) is 15.8. The van der Waals surface area contributed by atoms with Gasteiger partial charge in [-0.25, -0.2) is 0 Å². The summed E-state index contributed by atoms with van der Waals surface area (Å²) in [6.45, 7) is 8.03. The molecule has 0 bridgehead atoms. The first-order valence-corrected chi connectivity index (χ1v) is 10.1. The summed E-state index contributed by atoms with van der Waals surface area (Å²) in [7, 11) is 0. The molecule has 1 aromatic heterocycles. The Labute approximate surface area is 185 Å². The molecule has 7 heteroatoms. The van der Waals surface area contributed by atoms with Crippen molar-refractivity contribution >= 4 is 29.9 Å². The van der Waals surface area contributed by atoms with E-state index in [2.05, 4.69) is 57.9 Å². The van der Waals surface area contributed by atoms with Gasteiger partial charge in [0.25, 0.3) is 0 Å². The number of aliphatic imine (C=N–C) groups is 1. The number of benzene rings is 1. The molecule has 1 fully saturated rings. The molecule has 0 amide bonds. The molecule has 1 aliphatic rings. The molecule has 6 nitrogen and oxygen atoms in total. The van der Waals surface area contributed by atoms with Gasteiger partial charge in [0.05, 0.1) is 0 Å². The highest BCUT2D eigenvalue weighted by atomic mass is 127. The van der Waals surface area contributed by atoms with E-state index in [-0.39, 0.29) is 24.0 Å². The number of nitrogens with one attached hydrogen (secondary N) is 2. The van der Waals surface area contributed by atoms with Crippen LogP contribution in [0.4, 0.5) is 0 Å². The number of rotatable bonds is 8. The number of nitrogens with zero attached hydrogens (tertiary/aromatic N) is 4. The van der Waals surface area contributed by atoms with Gasteiger partial charge in [-0.3, -0.25) is 14.6 Å². The SMILES string of the molecule is CCNC(=NCCCn1cccn1)NC1CCN(Cc2ccccc2)CC1.I. The maximum Gasteiger partial charge on any atom is 0.191 e. The lowest BCUT2D eigenvalue weighted by molar-refractivity contribution is 0.198. The molecular formula is C21H33IN6. The maximum absolute atomic E-state index is 4.73. The number of halogens is 1. The molecule has 154 valence electrons. The van der Waals surface area contributed by atoms with E-state index in [0.717, 1.165) is 64.5 Å². The van der Waals surface area contributed by atoms with Crippen molar-refractivity contribution in [3.05, 3.63) is 54.4 Å². The van der Waals surface area contributed by atoms with Gasteiger partial charge in [-0.1, -0.05) is 30.3 Å². The fraction of sp³-hybridized carbons (Fsp3) is 0.524. The van der Waals surface area contributed by atoms with Crippen LogP contribution in [0.3, 0.4) is 0 Å². The Morgan fingerprint density at radius 2 is 1.96 bits per heavy atom. The molecule has 1 aliphatic heterocycles. The molecule has 0 spiro atoms. The predicted molar refractivity (Wildman–Crippen MR) is 126 cm³/mol. The second-order valence-electron chi connectivity index (χ2n) is 7.06. The summed E-state index contributed by atoms with van der Waals surface area (Å²) >= 11 is 0. The summed E-state index contributed by atoms with van der Waals surface area (Å²) in [4.78, 5) is 7.28. The zero-order valence-corrected chi connectivity index (χ0v) is 19.1. The largest absolute Gasteiger partial charge is 0.357 e. The molecule has 0 unspecified atom stereocenters. The molecule has 0 radical (unpaired) electrons. The second-order valence-corrected chi connectivity index (χ2v) is 7.06. The molecule has 0 atom stereocenters. The van der Waals surface area contributed by atoms with Gasteiger partial charge in [-0.2, -0.15) is 5.10 Å². The maximum atomic E-state index is 4.73. The fourth-order valence-electron chi connectivity index (χ4n) is 3.45. The fourth-order valence-corrected chi connectivity index (χ4v) is 3.45. The number of piperidine rings is 1. The average molecular weight is 496 g/mol. The van der Waals surface area contributed by atoms with Crippen LogP contribution in [0.15, 0.2) is 53.8 Å². The van der Waals surface area contributed by atoms with Gasteiger partial charge >= 0.3 is 0 Å². The van der Waals surface area contributed by atoms with Gasteiger partial charge in [0.15, 0.2) is 5.96 Å². The third kappa shape index (κ3) is 7.79. The molecule has 2 aromatic rings. The number of hydrogen-bond acceptors (Lipinski definition) is 3. The number of aromatic nitrogens is 2. The van der Waals surface area contributed by atoms with Gasteiger partial charge in [-0.15, -0.1) is 24.0 Å². The summed E-state index contributed by atoms with van der Waals surface area (Å²) in [5.41, 5.74) is 1.40. The van der Waals surface area contributed by atoms with E-state index >= 15 is 0 Å².